The maximum atomic E-state index is 12.6. The van der Waals surface area contributed by atoms with E-state index in [1.54, 1.807) is 10.1 Å². The van der Waals surface area contributed by atoms with E-state index in [1.807, 2.05) is 55.4 Å². The van der Waals surface area contributed by atoms with Gasteiger partial charge in [0.2, 0.25) is 0 Å². The van der Waals surface area contributed by atoms with Crippen molar-refractivity contribution in [3.8, 4) is 0 Å². The first-order chi connectivity index (χ1) is 14.0. The summed E-state index contributed by atoms with van der Waals surface area (Å²) in [6.07, 6.45) is 0.555. The second-order valence-corrected chi connectivity index (χ2v) is 11.2. The summed E-state index contributed by atoms with van der Waals surface area (Å²) in [7, 11) is 0. The minimum Gasteiger partial charge on any atom is -0.431 e. The standard InChI is InChI=1S/C22H38N2O7/c1-15(26)31-24-21(6,7)12-17(13-22(24,8)9)30-18(27)29-16-10-19(2,3)23(28-14-25)20(4,5)11-16/h14,16-17H,10-13H2,1-9H3. The van der Waals surface area contributed by atoms with Crippen molar-refractivity contribution in [1.82, 2.24) is 10.1 Å². The lowest BCUT2D eigenvalue weighted by atomic mass is 9.80. The molecule has 0 atom stereocenters. The van der Waals surface area contributed by atoms with Crippen LogP contribution in [0.5, 0.6) is 0 Å². The molecule has 0 aromatic rings. The van der Waals surface area contributed by atoms with Gasteiger partial charge in [-0.3, -0.25) is 9.59 Å². The van der Waals surface area contributed by atoms with E-state index in [0.29, 0.717) is 32.2 Å². The number of carbonyl (C=O) groups is 3. The molecule has 2 rings (SSSR count). The van der Waals surface area contributed by atoms with Gasteiger partial charge in [0.05, 0.1) is 22.2 Å². The van der Waals surface area contributed by atoms with E-state index in [2.05, 4.69) is 0 Å². The molecule has 9 nitrogen and oxygen atoms in total. The molecular formula is C22H38N2O7. The minimum atomic E-state index is -0.709. The van der Waals surface area contributed by atoms with Crippen LogP contribution in [0.4, 0.5) is 4.79 Å². The van der Waals surface area contributed by atoms with Gasteiger partial charge in [-0.1, -0.05) is 0 Å². The first-order valence-electron chi connectivity index (χ1n) is 10.8. The number of hydrogen-bond donors (Lipinski definition) is 0. The number of hydrogen-bond acceptors (Lipinski definition) is 9. The first-order valence-corrected chi connectivity index (χ1v) is 10.8. The average Bonchev–Trinajstić information content (AvgIpc) is 2.52. The van der Waals surface area contributed by atoms with Gasteiger partial charge in [-0.25, -0.2) is 4.79 Å². The summed E-state index contributed by atoms with van der Waals surface area (Å²) in [5.41, 5.74) is -2.04. The fraction of sp³-hybridized carbons (Fsp3) is 0.864. The highest BCUT2D eigenvalue weighted by Gasteiger charge is 2.51. The SMILES string of the molecule is CC(=O)ON1C(C)(C)CC(OC(=O)OC2CC(C)(C)N(OC=O)C(C)(C)C2)CC1(C)C. The van der Waals surface area contributed by atoms with Gasteiger partial charge in [0.25, 0.3) is 0 Å². The monoisotopic (exact) mass is 442 g/mol. The summed E-state index contributed by atoms with van der Waals surface area (Å²) < 4.78 is 11.4. The zero-order valence-electron chi connectivity index (χ0n) is 20.3. The largest absolute Gasteiger partial charge is 0.508 e. The van der Waals surface area contributed by atoms with Gasteiger partial charge in [0.15, 0.2) is 0 Å². The summed E-state index contributed by atoms with van der Waals surface area (Å²) in [5.74, 6) is -0.380. The maximum absolute atomic E-state index is 12.6. The van der Waals surface area contributed by atoms with Gasteiger partial charge < -0.3 is 19.1 Å². The number of nitrogens with zero attached hydrogens (tertiary/aromatic N) is 2. The van der Waals surface area contributed by atoms with Gasteiger partial charge in [-0.15, -0.1) is 10.1 Å². The van der Waals surface area contributed by atoms with Crippen LogP contribution >= 0.6 is 0 Å². The molecule has 2 aliphatic rings. The van der Waals surface area contributed by atoms with Crippen LogP contribution in [0.15, 0.2) is 0 Å². The van der Waals surface area contributed by atoms with Crippen LogP contribution in [0.1, 0.15) is 88.0 Å². The molecule has 0 N–H and O–H groups in total. The average molecular weight is 443 g/mol. The predicted octanol–water partition coefficient (Wildman–Crippen LogP) is 3.75. The van der Waals surface area contributed by atoms with Crippen molar-refractivity contribution >= 4 is 18.6 Å². The number of ether oxygens (including phenoxy) is 2. The van der Waals surface area contributed by atoms with Gasteiger partial charge in [-0.05, 0) is 55.4 Å². The van der Waals surface area contributed by atoms with Crippen LogP contribution in [-0.4, -0.2) is 63.1 Å². The Labute approximate surface area is 185 Å². The molecule has 2 heterocycles. The lowest BCUT2D eigenvalue weighted by Crippen LogP contribution is -2.63. The summed E-state index contributed by atoms with van der Waals surface area (Å²) in [6, 6.07) is 0. The van der Waals surface area contributed by atoms with E-state index in [-0.39, 0.29) is 18.2 Å². The number of rotatable bonds is 5. The molecule has 0 spiro atoms. The van der Waals surface area contributed by atoms with Gasteiger partial charge in [0, 0.05) is 32.6 Å². The summed E-state index contributed by atoms with van der Waals surface area (Å²) in [6.45, 7) is 17.4. The van der Waals surface area contributed by atoms with Crippen molar-refractivity contribution < 1.29 is 33.5 Å². The Balaban J connectivity index is 2.03. The van der Waals surface area contributed by atoms with Crippen LogP contribution in [-0.2, 0) is 28.7 Å². The molecule has 178 valence electrons. The van der Waals surface area contributed by atoms with Crippen LogP contribution in [0.3, 0.4) is 0 Å². The Hall–Kier alpha value is -1.87. The third-order valence-corrected chi connectivity index (χ3v) is 6.00. The van der Waals surface area contributed by atoms with Crippen LogP contribution in [0.25, 0.3) is 0 Å². The smallest absolute Gasteiger partial charge is 0.431 e. The van der Waals surface area contributed by atoms with Gasteiger partial charge in [0.1, 0.15) is 12.2 Å². The van der Waals surface area contributed by atoms with Crippen molar-refractivity contribution in [2.45, 2.75) is 122 Å². The molecule has 2 saturated heterocycles. The second kappa shape index (κ2) is 8.58. The molecule has 0 bridgehead atoms. The van der Waals surface area contributed by atoms with E-state index in [9.17, 15) is 14.4 Å². The predicted molar refractivity (Wildman–Crippen MR) is 113 cm³/mol. The second-order valence-electron chi connectivity index (χ2n) is 11.2. The molecule has 0 aliphatic carbocycles. The van der Waals surface area contributed by atoms with E-state index in [0.717, 1.165) is 0 Å². The summed E-state index contributed by atoms with van der Waals surface area (Å²) in [5, 5.41) is 3.36. The van der Waals surface area contributed by atoms with Crippen molar-refractivity contribution in [3.05, 3.63) is 0 Å². The van der Waals surface area contributed by atoms with E-state index in [4.69, 9.17) is 19.1 Å². The van der Waals surface area contributed by atoms with Crippen molar-refractivity contribution in [1.29, 1.82) is 0 Å². The topological polar surface area (TPSA) is 94.6 Å². The van der Waals surface area contributed by atoms with Crippen molar-refractivity contribution in [2.75, 3.05) is 0 Å². The minimum absolute atomic E-state index is 0.369. The fourth-order valence-corrected chi connectivity index (χ4v) is 5.51. The first kappa shape index (κ1) is 25.4. The lowest BCUT2D eigenvalue weighted by molar-refractivity contribution is -0.277. The van der Waals surface area contributed by atoms with Crippen LogP contribution in [0.2, 0.25) is 0 Å². The quantitative estimate of drug-likeness (QED) is 0.466. The third kappa shape index (κ3) is 5.88. The molecule has 31 heavy (non-hydrogen) atoms. The van der Waals surface area contributed by atoms with E-state index < -0.39 is 28.3 Å². The van der Waals surface area contributed by atoms with Crippen LogP contribution < -0.4 is 0 Å². The zero-order valence-corrected chi connectivity index (χ0v) is 20.3. The normalized spacial score (nSPS) is 26.0. The highest BCUT2D eigenvalue weighted by atomic mass is 16.7. The number of piperidine rings is 2. The Bertz CT molecular complexity index is 666. The molecule has 0 radical (unpaired) electrons. The Morgan fingerprint density at radius 3 is 1.42 bits per heavy atom. The summed E-state index contributed by atoms with van der Waals surface area (Å²) >= 11 is 0. The van der Waals surface area contributed by atoms with Gasteiger partial charge in [-0.2, -0.15) is 0 Å². The maximum Gasteiger partial charge on any atom is 0.508 e. The Morgan fingerprint density at radius 1 is 0.742 bits per heavy atom. The zero-order chi connectivity index (χ0) is 23.8. The number of carbonyl (C=O) groups excluding carboxylic acids is 3. The molecule has 2 fully saturated rings. The molecular weight excluding hydrogens is 404 g/mol. The molecule has 0 amide bonds. The van der Waals surface area contributed by atoms with Gasteiger partial charge >= 0.3 is 18.6 Å². The third-order valence-electron chi connectivity index (χ3n) is 6.00. The van der Waals surface area contributed by atoms with Crippen molar-refractivity contribution in [2.24, 2.45) is 0 Å². The highest BCUT2D eigenvalue weighted by molar-refractivity contribution is 5.65. The Kier molecular flexibility index (Phi) is 7.03. The van der Waals surface area contributed by atoms with Crippen LogP contribution in [0, 0.1) is 0 Å². The Morgan fingerprint density at radius 2 is 1.10 bits per heavy atom. The fourth-order valence-electron chi connectivity index (χ4n) is 5.51. The number of hydroxylamine groups is 4. The lowest BCUT2D eigenvalue weighted by Gasteiger charge is -2.52. The van der Waals surface area contributed by atoms with E-state index in [1.165, 1.54) is 6.92 Å². The highest BCUT2D eigenvalue weighted by Crippen LogP contribution is 2.41. The van der Waals surface area contributed by atoms with E-state index >= 15 is 0 Å². The molecule has 0 unspecified atom stereocenters. The molecule has 2 aliphatic heterocycles. The molecule has 9 heteroatoms. The molecule has 0 aromatic heterocycles. The molecule has 0 aromatic carbocycles. The summed E-state index contributed by atoms with van der Waals surface area (Å²) in [4.78, 5) is 45.8. The van der Waals surface area contributed by atoms with Crippen molar-refractivity contribution in [3.63, 3.8) is 0 Å². The molecule has 0 saturated carbocycles.